The summed E-state index contributed by atoms with van der Waals surface area (Å²) in [5, 5.41) is 12.4. The Bertz CT molecular complexity index is 512. The highest BCUT2D eigenvalue weighted by molar-refractivity contribution is 5.67. The van der Waals surface area contributed by atoms with E-state index in [0.717, 1.165) is 25.7 Å². The number of aliphatic hydroxyl groups is 1. The zero-order valence-electron chi connectivity index (χ0n) is 14.8. The van der Waals surface area contributed by atoms with Gasteiger partial charge in [-0.05, 0) is 36.7 Å². The maximum atomic E-state index is 11.8. The molecule has 1 saturated heterocycles. The van der Waals surface area contributed by atoms with Gasteiger partial charge in [0.2, 0.25) is 0 Å². The predicted molar refractivity (Wildman–Crippen MR) is 92.6 cm³/mol. The van der Waals surface area contributed by atoms with Gasteiger partial charge < -0.3 is 19.9 Å². The second kappa shape index (κ2) is 8.49. The van der Waals surface area contributed by atoms with Gasteiger partial charge in [-0.25, -0.2) is 4.79 Å². The number of rotatable bonds is 7. The van der Waals surface area contributed by atoms with E-state index in [1.165, 1.54) is 5.56 Å². The van der Waals surface area contributed by atoms with Crippen molar-refractivity contribution in [1.82, 2.24) is 5.32 Å². The SMILES string of the molecule is CC(C)(C)C1OC(O)C1NC(=O)OCCCCCc1ccccc1. The minimum Gasteiger partial charge on any atom is -0.450 e. The van der Waals surface area contributed by atoms with E-state index in [2.05, 4.69) is 17.4 Å². The van der Waals surface area contributed by atoms with Gasteiger partial charge >= 0.3 is 6.09 Å². The standard InChI is InChI=1S/C19H29NO4/c1-19(2,3)16-15(17(21)24-16)20-18(22)23-13-9-5-8-12-14-10-6-4-7-11-14/h4,6-7,10-11,15-17,21H,5,8-9,12-13H2,1-3H3,(H,20,22). The van der Waals surface area contributed by atoms with Crippen LogP contribution >= 0.6 is 0 Å². The van der Waals surface area contributed by atoms with Crippen molar-refractivity contribution in [3.63, 3.8) is 0 Å². The molecule has 3 atom stereocenters. The zero-order valence-corrected chi connectivity index (χ0v) is 14.8. The van der Waals surface area contributed by atoms with Crippen LogP contribution in [0.3, 0.4) is 0 Å². The molecule has 0 spiro atoms. The van der Waals surface area contributed by atoms with E-state index in [1.54, 1.807) is 0 Å². The number of hydrogen-bond acceptors (Lipinski definition) is 4. The van der Waals surface area contributed by atoms with Gasteiger partial charge in [0.25, 0.3) is 0 Å². The lowest BCUT2D eigenvalue weighted by atomic mass is 9.81. The molecule has 0 saturated carbocycles. The predicted octanol–water partition coefficient (Wildman–Crippen LogP) is 3.26. The van der Waals surface area contributed by atoms with Gasteiger partial charge in [-0.1, -0.05) is 51.1 Å². The van der Waals surface area contributed by atoms with Crippen molar-refractivity contribution < 1.29 is 19.4 Å². The number of carbonyl (C=O) groups excluding carboxylic acids is 1. The smallest absolute Gasteiger partial charge is 0.407 e. The quantitative estimate of drug-likeness (QED) is 0.751. The lowest BCUT2D eigenvalue weighted by Gasteiger charge is -2.48. The summed E-state index contributed by atoms with van der Waals surface area (Å²) < 4.78 is 10.5. The molecule has 1 fully saturated rings. The van der Waals surface area contributed by atoms with Gasteiger partial charge in [-0.2, -0.15) is 0 Å². The van der Waals surface area contributed by atoms with Crippen LogP contribution in [0.25, 0.3) is 0 Å². The molecule has 0 aromatic heterocycles. The number of aryl methyl sites for hydroxylation is 1. The Morgan fingerprint density at radius 1 is 1.21 bits per heavy atom. The first-order chi connectivity index (χ1) is 11.4. The highest BCUT2D eigenvalue weighted by atomic mass is 16.6. The van der Waals surface area contributed by atoms with Crippen molar-refractivity contribution in [3.05, 3.63) is 35.9 Å². The molecular weight excluding hydrogens is 306 g/mol. The van der Waals surface area contributed by atoms with Crippen LogP contribution in [0, 0.1) is 5.41 Å². The molecule has 134 valence electrons. The van der Waals surface area contributed by atoms with Crippen LogP contribution < -0.4 is 5.32 Å². The van der Waals surface area contributed by atoms with Crippen LogP contribution in [0.4, 0.5) is 4.79 Å². The summed E-state index contributed by atoms with van der Waals surface area (Å²) in [6.45, 7) is 6.42. The fourth-order valence-electron chi connectivity index (χ4n) is 2.86. The number of hydrogen-bond donors (Lipinski definition) is 2. The molecule has 5 nitrogen and oxygen atoms in total. The normalized spacial score (nSPS) is 23.4. The monoisotopic (exact) mass is 335 g/mol. The maximum absolute atomic E-state index is 11.8. The molecule has 24 heavy (non-hydrogen) atoms. The van der Waals surface area contributed by atoms with Crippen LogP contribution in [0.2, 0.25) is 0 Å². The molecule has 1 aromatic carbocycles. The molecule has 1 amide bonds. The molecule has 2 N–H and O–H groups in total. The van der Waals surface area contributed by atoms with Crippen molar-refractivity contribution in [2.45, 2.75) is 64.9 Å². The summed E-state index contributed by atoms with van der Waals surface area (Å²) in [6, 6.07) is 9.96. The minimum absolute atomic E-state index is 0.144. The molecule has 0 aliphatic carbocycles. The van der Waals surface area contributed by atoms with Crippen molar-refractivity contribution in [1.29, 1.82) is 0 Å². The maximum Gasteiger partial charge on any atom is 0.407 e. The van der Waals surface area contributed by atoms with Gasteiger partial charge in [-0.3, -0.25) is 0 Å². The average Bonchev–Trinajstić information content (AvgIpc) is 2.53. The fraction of sp³-hybridized carbons (Fsp3) is 0.632. The summed E-state index contributed by atoms with van der Waals surface area (Å²) in [5.41, 5.74) is 1.19. The van der Waals surface area contributed by atoms with Crippen LogP contribution in [0.5, 0.6) is 0 Å². The molecule has 1 aliphatic heterocycles. The third-order valence-corrected chi connectivity index (χ3v) is 4.24. The summed E-state index contributed by atoms with van der Waals surface area (Å²) in [6.07, 6.45) is 2.34. The molecule has 1 heterocycles. The molecule has 1 aliphatic rings. The number of unbranched alkanes of at least 4 members (excludes halogenated alkanes) is 2. The van der Waals surface area contributed by atoms with Crippen LogP contribution in [0.1, 0.15) is 45.6 Å². The molecule has 0 bridgehead atoms. The summed E-state index contributed by atoms with van der Waals surface area (Å²) in [5.74, 6) is 0. The first-order valence-corrected chi connectivity index (χ1v) is 8.68. The number of benzene rings is 1. The fourth-order valence-corrected chi connectivity index (χ4v) is 2.86. The molecule has 2 rings (SSSR count). The Kier molecular flexibility index (Phi) is 6.63. The molecule has 0 radical (unpaired) electrons. The summed E-state index contributed by atoms with van der Waals surface area (Å²) in [4.78, 5) is 11.8. The van der Waals surface area contributed by atoms with E-state index < -0.39 is 18.4 Å². The topological polar surface area (TPSA) is 67.8 Å². The minimum atomic E-state index is -0.951. The summed E-state index contributed by atoms with van der Waals surface area (Å²) in [7, 11) is 0. The Hall–Kier alpha value is -1.59. The zero-order chi connectivity index (χ0) is 17.6. The van der Waals surface area contributed by atoms with Crippen molar-refractivity contribution in [2.24, 2.45) is 5.41 Å². The second-order valence-corrected chi connectivity index (χ2v) is 7.42. The molecule has 5 heteroatoms. The molecule has 3 unspecified atom stereocenters. The number of carbonyl (C=O) groups is 1. The van der Waals surface area contributed by atoms with E-state index in [4.69, 9.17) is 9.47 Å². The Balaban J connectivity index is 1.57. The first-order valence-electron chi connectivity index (χ1n) is 8.68. The van der Waals surface area contributed by atoms with Crippen LogP contribution in [0.15, 0.2) is 30.3 Å². The molecule has 1 aromatic rings. The molecular formula is C19H29NO4. The Morgan fingerprint density at radius 3 is 2.54 bits per heavy atom. The first kappa shape index (κ1) is 18.7. The number of ether oxygens (including phenoxy) is 2. The number of nitrogens with one attached hydrogen (secondary N) is 1. The van der Waals surface area contributed by atoms with Gasteiger partial charge in [0.1, 0.15) is 6.04 Å². The Morgan fingerprint density at radius 2 is 1.92 bits per heavy atom. The second-order valence-electron chi connectivity index (χ2n) is 7.42. The number of alkyl carbamates (subject to hydrolysis) is 1. The lowest BCUT2D eigenvalue weighted by molar-refractivity contribution is -0.281. The number of amides is 1. The third kappa shape index (κ3) is 5.49. The number of aliphatic hydroxyl groups excluding tert-OH is 1. The highest BCUT2D eigenvalue weighted by Gasteiger charge is 2.48. The van der Waals surface area contributed by atoms with E-state index in [-0.39, 0.29) is 11.5 Å². The van der Waals surface area contributed by atoms with Gasteiger partial charge in [0, 0.05) is 0 Å². The van der Waals surface area contributed by atoms with E-state index in [0.29, 0.717) is 6.61 Å². The van der Waals surface area contributed by atoms with E-state index in [9.17, 15) is 9.90 Å². The van der Waals surface area contributed by atoms with Crippen LogP contribution in [-0.2, 0) is 15.9 Å². The van der Waals surface area contributed by atoms with Crippen LogP contribution in [-0.4, -0.2) is 36.2 Å². The van der Waals surface area contributed by atoms with E-state index >= 15 is 0 Å². The van der Waals surface area contributed by atoms with Gasteiger partial charge in [-0.15, -0.1) is 0 Å². The van der Waals surface area contributed by atoms with Crippen molar-refractivity contribution in [2.75, 3.05) is 6.61 Å². The highest BCUT2D eigenvalue weighted by Crippen LogP contribution is 2.34. The Labute approximate surface area is 144 Å². The van der Waals surface area contributed by atoms with Gasteiger partial charge in [0.15, 0.2) is 6.29 Å². The summed E-state index contributed by atoms with van der Waals surface area (Å²) >= 11 is 0. The third-order valence-electron chi connectivity index (χ3n) is 4.24. The van der Waals surface area contributed by atoms with Crippen molar-refractivity contribution >= 4 is 6.09 Å². The van der Waals surface area contributed by atoms with E-state index in [1.807, 2.05) is 39.0 Å². The largest absolute Gasteiger partial charge is 0.450 e. The van der Waals surface area contributed by atoms with Crippen molar-refractivity contribution in [3.8, 4) is 0 Å². The average molecular weight is 335 g/mol. The lowest BCUT2D eigenvalue weighted by Crippen LogP contribution is -2.66. The van der Waals surface area contributed by atoms with Gasteiger partial charge in [0.05, 0.1) is 12.7 Å².